The van der Waals surface area contributed by atoms with Crippen LogP contribution in [-0.4, -0.2) is 51.4 Å². The van der Waals surface area contributed by atoms with Gasteiger partial charge in [-0.15, -0.1) is 0 Å². The van der Waals surface area contributed by atoms with Crippen LogP contribution in [0.3, 0.4) is 0 Å². The van der Waals surface area contributed by atoms with Gasteiger partial charge in [0.2, 0.25) is 15.9 Å². The third-order valence-electron chi connectivity index (χ3n) is 5.61. The number of nitrogens with zero attached hydrogens (tertiary/aromatic N) is 1. The van der Waals surface area contributed by atoms with E-state index in [1.807, 2.05) is 12.1 Å². The summed E-state index contributed by atoms with van der Waals surface area (Å²) in [5.74, 6) is 0.506. The molecule has 2 aliphatic rings. The van der Waals surface area contributed by atoms with E-state index in [0.717, 1.165) is 18.7 Å². The van der Waals surface area contributed by atoms with E-state index in [2.05, 4.69) is 31.4 Å². The second-order valence-electron chi connectivity index (χ2n) is 8.72. The predicted octanol–water partition coefficient (Wildman–Crippen LogP) is 1.72. The zero-order chi connectivity index (χ0) is 19.7. The van der Waals surface area contributed by atoms with Gasteiger partial charge in [0.25, 0.3) is 0 Å². The minimum atomic E-state index is -3.50. The lowest BCUT2D eigenvalue weighted by Gasteiger charge is -2.32. The molecule has 0 aliphatic carbocycles. The van der Waals surface area contributed by atoms with Crippen LogP contribution in [0, 0.1) is 11.8 Å². The minimum absolute atomic E-state index is 0.0104. The molecule has 1 aromatic rings. The zero-order valence-electron chi connectivity index (χ0n) is 16.5. The van der Waals surface area contributed by atoms with E-state index in [-0.39, 0.29) is 17.2 Å². The first-order valence-corrected chi connectivity index (χ1v) is 11.2. The second kappa shape index (κ2) is 7.89. The Kier molecular flexibility index (Phi) is 5.93. The van der Waals surface area contributed by atoms with E-state index in [4.69, 9.17) is 0 Å². The number of sulfonamides is 1. The number of hydrogen-bond donors (Lipinski definition) is 2. The van der Waals surface area contributed by atoms with Gasteiger partial charge in [-0.2, -0.15) is 4.31 Å². The average molecular weight is 394 g/mol. The van der Waals surface area contributed by atoms with Gasteiger partial charge in [0.1, 0.15) is 0 Å². The molecule has 2 heterocycles. The highest BCUT2D eigenvalue weighted by atomic mass is 32.2. The molecule has 0 saturated carbocycles. The van der Waals surface area contributed by atoms with Crippen LogP contribution in [0.15, 0.2) is 29.2 Å². The van der Waals surface area contributed by atoms with E-state index in [1.165, 1.54) is 4.31 Å². The normalized spacial score (nSPS) is 20.3. The van der Waals surface area contributed by atoms with Crippen molar-refractivity contribution in [3.63, 3.8) is 0 Å². The van der Waals surface area contributed by atoms with Crippen LogP contribution in [-0.2, 0) is 20.2 Å². The van der Waals surface area contributed by atoms with Crippen LogP contribution in [0.4, 0.5) is 0 Å². The number of benzene rings is 1. The summed E-state index contributed by atoms with van der Waals surface area (Å²) >= 11 is 0. The van der Waals surface area contributed by atoms with Crippen LogP contribution in [0.5, 0.6) is 0 Å². The van der Waals surface area contributed by atoms with Crippen molar-refractivity contribution in [1.29, 1.82) is 0 Å². The molecule has 0 atom stereocenters. The number of nitrogens with one attached hydrogen (secondary N) is 2. The fourth-order valence-corrected chi connectivity index (χ4v) is 4.99. The van der Waals surface area contributed by atoms with Crippen molar-refractivity contribution in [3.05, 3.63) is 29.8 Å². The quantitative estimate of drug-likeness (QED) is 0.798. The van der Waals surface area contributed by atoms with Crippen molar-refractivity contribution in [2.24, 2.45) is 11.8 Å². The molecular weight excluding hydrogens is 362 g/mol. The summed E-state index contributed by atoms with van der Waals surface area (Å²) in [4.78, 5) is 12.6. The maximum Gasteiger partial charge on any atom is 0.243 e. The van der Waals surface area contributed by atoms with Gasteiger partial charge < -0.3 is 10.6 Å². The Bertz CT molecular complexity index is 757. The number of carbonyl (C=O) groups is 1. The van der Waals surface area contributed by atoms with Gasteiger partial charge in [0.15, 0.2) is 0 Å². The van der Waals surface area contributed by atoms with Gasteiger partial charge in [-0.25, -0.2) is 8.42 Å². The largest absolute Gasteiger partial charge is 0.355 e. The van der Waals surface area contributed by atoms with Gasteiger partial charge in [-0.1, -0.05) is 32.9 Å². The van der Waals surface area contributed by atoms with Crippen molar-refractivity contribution in [1.82, 2.24) is 14.9 Å². The third kappa shape index (κ3) is 4.70. The van der Waals surface area contributed by atoms with E-state index in [0.29, 0.717) is 43.3 Å². The summed E-state index contributed by atoms with van der Waals surface area (Å²) in [6.45, 7) is 9.74. The van der Waals surface area contributed by atoms with E-state index in [1.54, 1.807) is 12.1 Å². The topological polar surface area (TPSA) is 78.5 Å². The van der Waals surface area contributed by atoms with Crippen LogP contribution >= 0.6 is 0 Å². The number of hydrogen-bond acceptors (Lipinski definition) is 4. The van der Waals surface area contributed by atoms with Gasteiger partial charge in [-0.3, -0.25) is 4.79 Å². The van der Waals surface area contributed by atoms with Crippen molar-refractivity contribution in [3.8, 4) is 0 Å². The monoisotopic (exact) mass is 393 g/mol. The molecule has 2 N–H and O–H groups in total. The number of amides is 1. The first-order valence-electron chi connectivity index (χ1n) is 9.77. The number of rotatable bonds is 5. The van der Waals surface area contributed by atoms with Crippen molar-refractivity contribution < 1.29 is 13.2 Å². The molecule has 7 heteroatoms. The summed E-state index contributed by atoms with van der Waals surface area (Å²) in [6, 6.07) is 7.17. The van der Waals surface area contributed by atoms with Crippen LogP contribution in [0.25, 0.3) is 0 Å². The second-order valence-corrected chi connectivity index (χ2v) is 10.7. The summed E-state index contributed by atoms with van der Waals surface area (Å²) in [6.07, 6.45) is 1.15. The Balaban J connectivity index is 1.56. The minimum Gasteiger partial charge on any atom is -0.355 e. The smallest absolute Gasteiger partial charge is 0.243 e. The summed E-state index contributed by atoms with van der Waals surface area (Å²) in [5.41, 5.74) is 1.10. The molecule has 0 spiro atoms. The standard InChI is InChI=1S/C20H31N3O3S/c1-20(2,3)17-4-6-18(7-5-17)27(25,26)23-10-8-16(9-11-23)19(24)22-14-15-12-21-13-15/h4-7,15-16,21H,8-14H2,1-3H3,(H,22,24). The van der Waals surface area contributed by atoms with Crippen molar-refractivity contribution >= 4 is 15.9 Å². The van der Waals surface area contributed by atoms with Crippen LogP contribution in [0.1, 0.15) is 39.2 Å². The van der Waals surface area contributed by atoms with Gasteiger partial charge in [0.05, 0.1) is 4.90 Å². The Morgan fingerprint density at radius 3 is 2.22 bits per heavy atom. The summed E-state index contributed by atoms with van der Waals surface area (Å²) in [5, 5.41) is 6.20. The first kappa shape index (κ1) is 20.3. The Labute approximate surface area is 162 Å². The molecule has 150 valence electrons. The highest BCUT2D eigenvalue weighted by molar-refractivity contribution is 7.89. The molecule has 0 bridgehead atoms. The van der Waals surface area contributed by atoms with E-state index in [9.17, 15) is 13.2 Å². The fraction of sp³-hybridized carbons (Fsp3) is 0.650. The highest BCUT2D eigenvalue weighted by Crippen LogP contribution is 2.27. The highest BCUT2D eigenvalue weighted by Gasteiger charge is 2.32. The van der Waals surface area contributed by atoms with Gasteiger partial charge >= 0.3 is 0 Å². The lowest BCUT2D eigenvalue weighted by Crippen LogP contribution is -2.50. The van der Waals surface area contributed by atoms with E-state index < -0.39 is 10.0 Å². The molecule has 2 saturated heterocycles. The maximum atomic E-state index is 12.9. The van der Waals surface area contributed by atoms with Crippen molar-refractivity contribution in [2.75, 3.05) is 32.7 Å². The molecule has 0 unspecified atom stereocenters. The van der Waals surface area contributed by atoms with Crippen LogP contribution < -0.4 is 10.6 Å². The Morgan fingerprint density at radius 2 is 1.74 bits per heavy atom. The first-order chi connectivity index (χ1) is 12.7. The molecule has 1 aromatic carbocycles. The third-order valence-corrected chi connectivity index (χ3v) is 7.53. The molecule has 2 fully saturated rings. The summed E-state index contributed by atoms with van der Waals surface area (Å²) < 4.78 is 27.3. The molecular formula is C20H31N3O3S. The van der Waals surface area contributed by atoms with E-state index >= 15 is 0 Å². The molecule has 0 radical (unpaired) electrons. The van der Waals surface area contributed by atoms with Crippen molar-refractivity contribution in [2.45, 2.75) is 43.9 Å². The fourth-order valence-electron chi connectivity index (χ4n) is 3.52. The number of piperidine rings is 1. The lowest BCUT2D eigenvalue weighted by atomic mass is 9.87. The SMILES string of the molecule is CC(C)(C)c1ccc(S(=O)(=O)N2CCC(C(=O)NCC3CNC3)CC2)cc1. The maximum absolute atomic E-state index is 12.9. The Morgan fingerprint density at radius 1 is 1.15 bits per heavy atom. The summed E-state index contributed by atoms with van der Waals surface area (Å²) in [7, 11) is -3.50. The molecule has 27 heavy (non-hydrogen) atoms. The number of carbonyl (C=O) groups excluding carboxylic acids is 1. The predicted molar refractivity (Wildman–Crippen MR) is 106 cm³/mol. The zero-order valence-corrected chi connectivity index (χ0v) is 17.3. The molecule has 0 aromatic heterocycles. The molecule has 6 nitrogen and oxygen atoms in total. The van der Waals surface area contributed by atoms with Gasteiger partial charge in [-0.05, 0) is 36.0 Å². The molecule has 2 aliphatic heterocycles. The molecule has 1 amide bonds. The average Bonchev–Trinajstić information content (AvgIpc) is 2.60. The van der Waals surface area contributed by atoms with Crippen LogP contribution in [0.2, 0.25) is 0 Å². The Hall–Kier alpha value is -1.44. The molecule has 3 rings (SSSR count). The van der Waals surface area contributed by atoms with Gasteiger partial charge in [0, 0.05) is 44.6 Å². The lowest BCUT2D eigenvalue weighted by molar-refractivity contribution is -0.126.